The van der Waals surface area contributed by atoms with Crippen molar-refractivity contribution in [3.8, 4) is 0 Å². The lowest BCUT2D eigenvalue weighted by Crippen LogP contribution is -2.41. The van der Waals surface area contributed by atoms with E-state index >= 15 is 0 Å². The summed E-state index contributed by atoms with van der Waals surface area (Å²) in [4.78, 5) is 43.8. The van der Waals surface area contributed by atoms with Gasteiger partial charge < -0.3 is 15.5 Å². The Morgan fingerprint density at radius 2 is 2.10 bits per heavy atom. The number of anilines is 1. The first-order chi connectivity index (χ1) is 14.0. The number of hydrogen-bond acceptors (Lipinski definition) is 5. The minimum atomic E-state index is -0.335. The fourth-order valence-corrected chi connectivity index (χ4v) is 3.68. The smallest absolute Gasteiger partial charge is 0.323 e. The summed E-state index contributed by atoms with van der Waals surface area (Å²) in [5.74, 6) is -0.845. The van der Waals surface area contributed by atoms with Crippen molar-refractivity contribution in [2.45, 2.75) is 19.9 Å². The highest BCUT2D eigenvalue weighted by molar-refractivity contribution is 7.14. The van der Waals surface area contributed by atoms with E-state index in [4.69, 9.17) is 0 Å². The number of rotatable bonds is 8. The van der Waals surface area contributed by atoms with E-state index in [1.165, 1.54) is 28.4 Å². The Morgan fingerprint density at radius 3 is 2.76 bits per heavy atom. The zero-order valence-electron chi connectivity index (χ0n) is 16.0. The highest BCUT2D eigenvalue weighted by Gasteiger charge is 2.24. The van der Waals surface area contributed by atoms with Gasteiger partial charge in [0.2, 0.25) is 11.8 Å². The van der Waals surface area contributed by atoms with Crippen LogP contribution < -0.4 is 15.5 Å². The second-order valence-electron chi connectivity index (χ2n) is 6.49. The predicted molar refractivity (Wildman–Crippen MR) is 107 cm³/mol. The van der Waals surface area contributed by atoms with Crippen LogP contribution in [0.1, 0.15) is 18.2 Å². The van der Waals surface area contributed by atoms with Crippen molar-refractivity contribution in [1.82, 2.24) is 20.5 Å². The number of amides is 4. The van der Waals surface area contributed by atoms with Gasteiger partial charge in [-0.2, -0.15) is 0 Å². The summed E-state index contributed by atoms with van der Waals surface area (Å²) in [5.41, 5.74) is 1.34. The van der Waals surface area contributed by atoms with E-state index in [1.807, 2.05) is 0 Å². The summed E-state index contributed by atoms with van der Waals surface area (Å²) in [6.45, 7) is 3.50. The molecule has 1 aromatic carbocycles. The molecule has 1 saturated heterocycles. The Labute approximate surface area is 171 Å². The van der Waals surface area contributed by atoms with E-state index in [2.05, 4.69) is 15.6 Å². The summed E-state index contributed by atoms with van der Waals surface area (Å²) in [6.07, 6.45) is 0.0606. The summed E-state index contributed by atoms with van der Waals surface area (Å²) < 4.78 is 12.9. The number of aromatic nitrogens is 1. The first kappa shape index (κ1) is 20.7. The van der Waals surface area contributed by atoms with Crippen LogP contribution in [0.2, 0.25) is 0 Å². The van der Waals surface area contributed by atoms with E-state index in [0.29, 0.717) is 30.5 Å². The minimum absolute atomic E-state index is 0.0606. The second-order valence-corrected chi connectivity index (χ2v) is 7.33. The Bertz CT molecular complexity index is 886. The number of benzene rings is 1. The Hall–Kier alpha value is -3.01. The van der Waals surface area contributed by atoms with Crippen molar-refractivity contribution in [3.63, 3.8) is 0 Å². The van der Waals surface area contributed by atoms with Crippen molar-refractivity contribution in [3.05, 3.63) is 46.7 Å². The Kier molecular flexibility index (Phi) is 6.76. The SMILES string of the molecule is CCN(CC(=O)NCc1ccc(F)cc1)C(=O)Cc1csc(N2CCNC2=O)n1. The van der Waals surface area contributed by atoms with Crippen molar-refractivity contribution in [2.75, 3.05) is 31.1 Å². The number of nitrogens with zero attached hydrogens (tertiary/aromatic N) is 3. The maximum absolute atomic E-state index is 12.9. The molecule has 8 nitrogen and oxygen atoms in total. The van der Waals surface area contributed by atoms with Gasteiger partial charge in [0.25, 0.3) is 0 Å². The molecule has 10 heteroatoms. The van der Waals surface area contributed by atoms with Gasteiger partial charge >= 0.3 is 6.03 Å². The molecule has 2 heterocycles. The molecule has 0 spiro atoms. The van der Waals surface area contributed by atoms with Crippen LogP contribution >= 0.6 is 11.3 Å². The molecule has 0 unspecified atom stereocenters. The standard InChI is InChI=1S/C19H22FN5O3S/c1-2-24(11-16(26)22-10-13-3-5-14(20)6-4-13)17(27)9-15-12-29-19(23-15)25-8-7-21-18(25)28/h3-6,12H,2,7-11H2,1H3,(H,21,28)(H,22,26). The highest BCUT2D eigenvalue weighted by atomic mass is 32.1. The number of nitrogens with one attached hydrogen (secondary N) is 2. The molecule has 1 aliphatic rings. The minimum Gasteiger partial charge on any atom is -0.350 e. The van der Waals surface area contributed by atoms with Crippen molar-refractivity contribution in [2.24, 2.45) is 0 Å². The van der Waals surface area contributed by atoms with Gasteiger partial charge in [-0.3, -0.25) is 14.5 Å². The molecule has 0 bridgehead atoms. The molecule has 2 N–H and O–H groups in total. The highest BCUT2D eigenvalue weighted by Crippen LogP contribution is 2.22. The maximum atomic E-state index is 12.9. The van der Waals surface area contributed by atoms with Gasteiger partial charge in [0.15, 0.2) is 5.13 Å². The summed E-state index contributed by atoms with van der Waals surface area (Å²) in [6, 6.07) is 5.66. The van der Waals surface area contributed by atoms with Gasteiger partial charge in [0.05, 0.1) is 18.7 Å². The van der Waals surface area contributed by atoms with E-state index < -0.39 is 0 Å². The first-order valence-corrected chi connectivity index (χ1v) is 10.1. The monoisotopic (exact) mass is 419 g/mol. The molecule has 0 aliphatic carbocycles. The quantitative estimate of drug-likeness (QED) is 0.678. The van der Waals surface area contributed by atoms with Gasteiger partial charge in [-0.1, -0.05) is 12.1 Å². The molecule has 29 heavy (non-hydrogen) atoms. The molecule has 0 saturated carbocycles. The van der Waals surface area contributed by atoms with Gasteiger partial charge in [-0.25, -0.2) is 14.2 Å². The van der Waals surface area contributed by atoms with Crippen LogP contribution in [-0.2, 0) is 22.6 Å². The van der Waals surface area contributed by atoms with Crippen LogP contribution in [0.4, 0.5) is 14.3 Å². The number of likely N-dealkylation sites (N-methyl/N-ethyl adjacent to an activating group) is 1. The van der Waals surface area contributed by atoms with Gasteiger partial charge in [-0.05, 0) is 24.6 Å². The van der Waals surface area contributed by atoms with Crippen LogP contribution in [0.5, 0.6) is 0 Å². The lowest BCUT2D eigenvalue weighted by molar-refractivity contribution is -0.135. The van der Waals surface area contributed by atoms with Crippen LogP contribution in [-0.4, -0.2) is 53.9 Å². The average Bonchev–Trinajstić information content (AvgIpc) is 3.34. The van der Waals surface area contributed by atoms with Crippen molar-refractivity contribution < 1.29 is 18.8 Å². The molecule has 0 radical (unpaired) electrons. The summed E-state index contributed by atoms with van der Waals surface area (Å²) in [5, 5.41) is 7.75. The number of carbonyl (C=O) groups excluding carboxylic acids is 3. The third-order valence-electron chi connectivity index (χ3n) is 4.43. The van der Waals surface area contributed by atoms with Gasteiger partial charge in [0, 0.05) is 31.6 Å². The Balaban J connectivity index is 1.50. The number of halogens is 1. The second kappa shape index (κ2) is 9.46. The molecule has 1 aliphatic heterocycles. The molecular formula is C19H22FN5O3S. The van der Waals surface area contributed by atoms with Crippen LogP contribution in [0, 0.1) is 5.82 Å². The predicted octanol–water partition coefficient (Wildman–Crippen LogP) is 1.52. The first-order valence-electron chi connectivity index (χ1n) is 9.25. The number of hydrogen-bond donors (Lipinski definition) is 2. The topological polar surface area (TPSA) is 94.6 Å². The lowest BCUT2D eigenvalue weighted by atomic mass is 10.2. The molecule has 4 amide bonds. The van der Waals surface area contributed by atoms with Gasteiger partial charge in [0.1, 0.15) is 5.82 Å². The molecule has 0 atom stereocenters. The van der Waals surface area contributed by atoms with Crippen LogP contribution in [0.3, 0.4) is 0 Å². The van der Waals surface area contributed by atoms with Crippen LogP contribution in [0.15, 0.2) is 29.6 Å². The maximum Gasteiger partial charge on any atom is 0.323 e. The summed E-state index contributed by atoms with van der Waals surface area (Å²) >= 11 is 1.31. The zero-order valence-corrected chi connectivity index (χ0v) is 16.8. The number of thiazole rings is 1. The van der Waals surface area contributed by atoms with E-state index in [0.717, 1.165) is 5.56 Å². The van der Waals surface area contributed by atoms with E-state index in [9.17, 15) is 18.8 Å². The summed E-state index contributed by atoms with van der Waals surface area (Å²) in [7, 11) is 0. The van der Waals surface area contributed by atoms with Crippen molar-refractivity contribution >= 4 is 34.3 Å². The average molecular weight is 419 g/mol. The largest absolute Gasteiger partial charge is 0.350 e. The van der Waals surface area contributed by atoms with Gasteiger partial charge in [-0.15, -0.1) is 11.3 Å². The van der Waals surface area contributed by atoms with Crippen molar-refractivity contribution in [1.29, 1.82) is 0 Å². The molecule has 154 valence electrons. The fourth-order valence-electron chi connectivity index (χ4n) is 2.83. The lowest BCUT2D eigenvalue weighted by Gasteiger charge is -2.20. The Morgan fingerprint density at radius 1 is 1.34 bits per heavy atom. The third-order valence-corrected chi connectivity index (χ3v) is 5.34. The number of urea groups is 1. The fraction of sp³-hybridized carbons (Fsp3) is 0.368. The van der Waals surface area contributed by atoms with E-state index in [-0.39, 0.29) is 43.2 Å². The molecule has 2 aromatic rings. The molecule has 1 fully saturated rings. The molecular weight excluding hydrogens is 397 g/mol. The van der Waals surface area contributed by atoms with Crippen LogP contribution in [0.25, 0.3) is 0 Å². The molecule has 1 aromatic heterocycles. The normalized spacial score (nSPS) is 13.3. The zero-order chi connectivity index (χ0) is 20.8. The number of carbonyl (C=O) groups is 3. The van der Waals surface area contributed by atoms with E-state index in [1.54, 1.807) is 29.3 Å². The third kappa shape index (κ3) is 5.50. The molecule has 3 rings (SSSR count).